The third kappa shape index (κ3) is 2.72. The van der Waals surface area contributed by atoms with Crippen molar-refractivity contribution in [3.8, 4) is 0 Å². The van der Waals surface area contributed by atoms with Crippen LogP contribution in [0.25, 0.3) is 0 Å². The van der Waals surface area contributed by atoms with Gasteiger partial charge in [0.05, 0.1) is 0 Å². The maximum Gasteiger partial charge on any atom is 0.289 e. The third-order valence-corrected chi connectivity index (χ3v) is 4.65. The van der Waals surface area contributed by atoms with Gasteiger partial charge < -0.3 is 13.9 Å². The molecule has 118 valence electrons. The Morgan fingerprint density at radius 1 is 1.45 bits per heavy atom. The Balaban J connectivity index is 1.65. The molecule has 0 spiro atoms. The number of aromatic amines is 1. The summed E-state index contributed by atoms with van der Waals surface area (Å²) >= 11 is 5.15. The normalized spacial score (nSPS) is 16.2. The molecule has 6 nitrogen and oxygen atoms in total. The number of nitrogens with one attached hydrogen (secondary N) is 1. The second kappa shape index (κ2) is 6.08. The lowest BCUT2D eigenvalue weighted by Gasteiger charge is -2.30. The van der Waals surface area contributed by atoms with E-state index in [1.165, 1.54) is 0 Å². The first-order chi connectivity index (χ1) is 10.6. The topological polar surface area (TPSA) is 67.1 Å². The molecule has 1 fully saturated rings. The van der Waals surface area contributed by atoms with Gasteiger partial charge in [-0.3, -0.25) is 9.89 Å². The maximum atomic E-state index is 12.4. The van der Waals surface area contributed by atoms with Gasteiger partial charge in [0.2, 0.25) is 0 Å². The number of amides is 1. The van der Waals surface area contributed by atoms with E-state index in [0.29, 0.717) is 29.5 Å². The first kappa shape index (κ1) is 15.0. The number of likely N-dealkylation sites (tertiary alicyclic amines) is 1. The molecule has 1 amide bonds. The molecule has 0 atom stereocenters. The summed E-state index contributed by atoms with van der Waals surface area (Å²) in [6.45, 7) is 3.44. The van der Waals surface area contributed by atoms with Crippen molar-refractivity contribution < 1.29 is 9.21 Å². The van der Waals surface area contributed by atoms with E-state index in [9.17, 15) is 4.79 Å². The summed E-state index contributed by atoms with van der Waals surface area (Å²) in [7, 11) is 1.92. The lowest BCUT2D eigenvalue weighted by Crippen LogP contribution is -2.38. The van der Waals surface area contributed by atoms with Crippen LogP contribution in [0.2, 0.25) is 0 Å². The number of carbonyl (C=O) groups excluding carboxylic acids is 1. The minimum atomic E-state index is -0.0199. The van der Waals surface area contributed by atoms with Crippen LogP contribution >= 0.6 is 12.2 Å². The van der Waals surface area contributed by atoms with Crippen molar-refractivity contribution in [2.75, 3.05) is 13.1 Å². The first-order valence-corrected chi connectivity index (χ1v) is 8.00. The molecule has 7 heteroatoms. The van der Waals surface area contributed by atoms with E-state index in [-0.39, 0.29) is 5.91 Å². The number of hydrogen-bond acceptors (Lipinski definition) is 4. The molecule has 0 aromatic carbocycles. The molecule has 0 unspecified atom stereocenters. The van der Waals surface area contributed by atoms with E-state index >= 15 is 0 Å². The van der Waals surface area contributed by atoms with Crippen molar-refractivity contribution in [1.82, 2.24) is 19.7 Å². The molecular weight excluding hydrogens is 300 g/mol. The van der Waals surface area contributed by atoms with E-state index in [0.717, 1.165) is 30.8 Å². The highest BCUT2D eigenvalue weighted by Gasteiger charge is 2.28. The van der Waals surface area contributed by atoms with E-state index in [1.54, 1.807) is 6.07 Å². The zero-order chi connectivity index (χ0) is 15.7. The summed E-state index contributed by atoms with van der Waals surface area (Å²) in [6, 6.07) is 3.64. The SMILES string of the molecule is CCc1ccc(C(=O)N2CCC(c3n[nH]c(=S)n3C)CC2)o1. The molecule has 2 aromatic heterocycles. The quantitative estimate of drug-likeness (QED) is 0.883. The fourth-order valence-electron chi connectivity index (χ4n) is 2.90. The van der Waals surface area contributed by atoms with E-state index < -0.39 is 0 Å². The minimum Gasteiger partial charge on any atom is -0.456 e. The Kier molecular flexibility index (Phi) is 4.15. The maximum absolute atomic E-state index is 12.4. The predicted octanol–water partition coefficient (Wildman–Crippen LogP) is 2.65. The number of hydrogen-bond donors (Lipinski definition) is 1. The summed E-state index contributed by atoms with van der Waals surface area (Å²) in [4.78, 5) is 14.3. The number of nitrogens with zero attached hydrogens (tertiary/aromatic N) is 3. The largest absolute Gasteiger partial charge is 0.456 e. The highest BCUT2D eigenvalue weighted by Crippen LogP contribution is 2.27. The highest BCUT2D eigenvalue weighted by molar-refractivity contribution is 7.71. The molecule has 0 aliphatic carbocycles. The lowest BCUT2D eigenvalue weighted by molar-refractivity contribution is 0.0676. The number of aromatic nitrogens is 3. The van der Waals surface area contributed by atoms with Crippen LogP contribution < -0.4 is 0 Å². The third-order valence-electron chi connectivity index (χ3n) is 4.28. The van der Waals surface area contributed by atoms with Crippen LogP contribution in [0.15, 0.2) is 16.5 Å². The Bertz CT molecular complexity index is 722. The molecule has 3 heterocycles. The van der Waals surface area contributed by atoms with Crippen LogP contribution in [-0.4, -0.2) is 38.7 Å². The number of carbonyl (C=O) groups is 1. The molecule has 0 bridgehead atoms. The second-order valence-electron chi connectivity index (χ2n) is 5.63. The van der Waals surface area contributed by atoms with Gasteiger partial charge in [-0.15, -0.1) is 0 Å². The van der Waals surface area contributed by atoms with E-state index in [4.69, 9.17) is 16.6 Å². The Hall–Kier alpha value is -1.89. The Labute approximate surface area is 134 Å². The van der Waals surface area contributed by atoms with Crippen molar-refractivity contribution in [1.29, 1.82) is 0 Å². The average molecular weight is 320 g/mol. The van der Waals surface area contributed by atoms with Gasteiger partial charge in [-0.2, -0.15) is 5.10 Å². The van der Waals surface area contributed by atoms with Gasteiger partial charge in [0.25, 0.3) is 5.91 Å². The smallest absolute Gasteiger partial charge is 0.289 e. The molecule has 1 aliphatic rings. The van der Waals surface area contributed by atoms with Crippen LogP contribution in [0.1, 0.15) is 47.8 Å². The summed E-state index contributed by atoms with van der Waals surface area (Å²) in [6.07, 6.45) is 2.58. The van der Waals surface area contributed by atoms with Crippen LogP contribution in [-0.2, 0) is 13.5 Å². The van der Waals surface area contributed by atoms with E-state index in [2.05, 4.69) is 10.2 Å². The fourth-order valence-corrected chi connectivity index (χ4v) is 3.04. The summed E-state index contributed by atoms with van der Waals surface area (Å²) in [5.41, 5.74) is 0. The monoisotopic (exact) mass is 320 g/mol. The van der Waals surface area contributed by atoms with Crippen LogP contribution in [0, 0.1) is 4.77 Å². The fraction of sp³-hybridized carbons (Fsp3) is 0.533. The summed E-state index contributed by atoms with van der Waals surface area (Å²) in [5.74, 6) is 2.58. The molecule has 0 saturated carbocycles. The first-order valence-electron chi connectivity index (χ1n) is 7.59. The van der Waals surface area contributed by atoms with Crippen molar-refractivity contribution in [3.63, 3.8) is 0 Å². The summed E-state index contributed by atoms with van der Waals surface area (Å²) < 4.78 is 8.10. The highest BCUT2D eigenvalue weighted by atomic mass is 32.1. The molecular formula is C15H20N4O2S. The lowest BCUT2D eigenvalue weighted by atomic mass is 9.96. The molecule has 0 radical (unpaired) electrons. The van der Waals surface area contributed by atoms with Gasteiger partial charge in [0, 0.05) is 32.5 Å². The standard InChI is InChI=1S/C15H20N4O2S/c1-3-11-4-5-12(21-11)14(20)19-8-6-10(7-9-19)13-16-17-15(22)18(13)2/h4-5,10H,3,6-9H2,1-2H3,(H,17,22). The number of aryl methyl sites for hydroxylation is 1. The van der Waals surface area contributed by atoms with Crippen molar-refractivity contribution in [2.24, 2.45) is 7.05 Å². The molecule has 22 heavy (non-hydrogen) atoms. The van der Waals surface area contributed by atoms with Crippen LogP contribution in [0.4, 0.5) is 0 Å². The molecule has 1 saturated heterocycles. The van der Waals surface area contributed by atoms with Crippen molar-refractivity contribution in [3.05, 3.63) is 34.2 Å². The zero-order valence-electron chi connectivity index (χ0n) is 12.8. The number of piperidine rings is 1. The number of furan rings is 1. The van der Waals surface area contributed by atoms with Gasteiger partial charge in [-0.1, -0.05) is 6.92 Å². The second-order valence-corrected chi connectivity index (χ2v) is 6.02. The van der Waals surface area contributed by atoms with E-state index in [1.807, 2.05) is 29.5 Å². The number of H-pyrrole nitrogens is 1. The minimum absolute atomic E-state index is 0.0199. The van der Waals surface area contributed by atoms with Gasteiger partial charge in [-0.25, -0.2) is 0 Å². The van der Waals surface area contributed by atoms with Gasteiger partial charge in [0.15, 0.2) is 10.5 Å². The zero-order valence-corrected chi connectivity index (χ0v) is 13.7. The van der Waals surface area contributed by atoms with Gasteiger partial charge in [-0.05, 0) is 37.2 Å². The van der Waals surface area contributed by atoms with Crippen LogP contribution in [0.5, 0.6) is 0 Å². The Morgan fingerprint density at radius 2 is 2.18 bits per heavy atom. The Morgan fingerprint density at radius 3 is 2.73 bits per heavy atom. The molecule has 3 rings (SSSR count). The molecule has 2 aromatic rings. The molecule has 1 aliphatic heterocycles. The van der Waals surface area contributed by atoms with Crippen molar-refractivity contribution in [2.45, 2.75) is 32.1 Å². The average Bonchev–Trinajstić information content (AvgIpc) is 3.15. The van der Waals surface area contributed by atoms with Gasteiger partial charge >= 0.3 is 0 Å². The summed E-state index contributed by atoms with van der Waals surface area (Å²) in [5, 5.41) is 7.13. The van der Waals surface area contributed by atoms with Crippen LogP contribution in [0.3, 0.4) is 0 Å². The number of rotatable bonds is 3. The predicted molar refractivity (Wildman–Crippen MR) is 84.4 cm³/mol. The van der Waals surface area contributed by atoms with Crippen molar-refractivity contribution >= 4 is 18.1 Å². The molecule has 1 N–H and O–H groups in total. The van der Waals surface area contributed by atoms with Gasteiger partial charge in [0.1, 0.15) is 11.6 Å².